The van der Waals surface area contributed by atoms with E-state index in [0.717, 1.165) is 11.1 Å². The van der Waals surface area contributed by atoms with Crippen molar-refractivity contribution in [1.29, 1.82) is 0 Å². The summed E-state index contributed by atoms with van der Waals surface area (Å²) in [5.41, 5.74) is 1.86. The number of likely N-dealkylation sites (N-methyl/N-ethyl adjacent to an activating group) is 2. The van der Waals surface area contributed by atoms with Crippen LogP contribution in [0.3, 0.4) is 0 Å². The van der Waals surface area contributed by atoms with Crippen molar-refractivity contribution in [3.05, 3.63) is 59.9 Å². The molecule has 0 spiro atoms. The van der Waals surface area contributed by atoms with Gasteiger partial charge in [0.05, 0.1) is 19.3 Å². The summed E-state index contributed by atoms with van der Waals surface area (Å²) in [5, 5.41) is 6.65. The van der Waals surface area contributed by atoms with Crippen LogP contribution in [0.2, 0.25) is 0 Å². The zero-order chi connectivity index (χ0) is 19.6. The summed E-state index contributed by atoms with van der Waals surface area (Å²) in [6.45, 7) is 0.110. The Kier molecular flexibility index (Phi) is 7.30. The molecule has 8 nitrogen and oxygen atoms in total. The Morgan fingerprint density at radius 1 is 1.26 bits per heavy atom. The number of hydrogen-bond acceptors (Lipinski definition) is 5. The molecular formula is C19H22N4O4. The van der Waals surface area contributed by atoms with Crippen molar-refractivity contribution in [3.63, 3.8) is 0 Å². The summed E-state index contributed by atoms with van der Waals surface area (Å²) in [5.74, 6) is -1.41. The Morgan fingerprint density at radius 3 is 2.70 bits per heavy atom. The maximum absolute atomic E-state index is 11.8. The van der Waals surface area contributed by atoms with E-state index in [0.29, 0.717) is 6.54 Å². The number of carbonyl (C=O) groups is 3. The number of rotatable bonds is 8. The Labute approximate surface area is 157 Å². The highest BCUT2D eigenvalue weighted by Crippen LogP contribution is 2.05. The molecule has 0 radical (unpaired) electrons. The first-order chi connectivity index (χ1) is 13.0. The first kappa shape index (κ1) is 19.9. The molecule has 0 aliphatic heterocycles. The third kappa shape index (κ3) is 6.77. The van der Waals surface area contributed by atoms with Crippen LogP contribution in [0, 0.1) is 0 Å². The molecule has 1 heterocycles. The van der Waals surface area contributed by atoms with Gasteiger partial charge >= 0.3 is 5.97 Å². The molecule has 1 aromatic carbocycles. The lowest BCUT2D eigenvalue weighted by Crippen LogP contribution is -2.38. The second kappa shape index (κ2) is 9.91. The number of esters is 1. The summed E-state index contributed by atoms with van der Waals surface area (Å²) in [6.07, 6.45) is 6.24. The van der Waals surface area contributed by atoms with Crippen LogP contribution in [0.4, 0.5) is 0 Å². The molecule has 0 saturated carbocycles. The predicted octanol–water partition coefficient (Wildman–Crippen LogP) is 0.692. The van der Waals surface area contributed by atoms with Gasteiger partial charge in [-0.1, -0.05) is 30.3 Å². The van der Waals surface area contributed by atoms with Crippen LogP contribution in [0.1, 0.15) is 11.1 Å². The van der Waals surface area contributed by atoms with Crippen molar-refractivity contribution in [1.82, 2.24) is 20.0 Å². The molecule has 0 bridgehead atoms. The van der Waals surface area contributed by atoms with Crippen LogP contribution in [-0.2, 0) is 25.7 Å². The second-order valence-corrected chi connectivity index (χ2v) is 5.82. The lowest BCUT2D eigenvalue weighted by atomic mass is 10.2. The maximum atomic E-state index is 11.8. The van der Waals surface area contributed by atoms with Gasteiger partial charge in [-0.3, -0.25) is 14.3 Å². The van der Waals surface area contributed by atoms with Crippen molar-refractivity contribution >= 4 is 23.9 Å². The average molecular weight is 370 g/mol. The van der Waals surface area contributed by atoms with Crippen LogP contribution in [0.5, 0.6) is 0 Å². The number of nitrogens with one attached hydrogen (secondary N) is 1. The first-order valence-corrected chi connectivity index (χ1v) is 8.33. The van der Waals surface area contributed by atoms with Crippen LogP contribution in [0.15, 0.2) is 48.8 Å². The van der Waals surface area contributed by atoms with Gasteiger partial charge < -0.3 is 15.0 Å². The number of benzene rings is 1. The van der Waals surface area contributed by atoms with Crippen LogP contribution >= 0.6 is 0 Å². The van der Waals surface area contributed by atoms with E-state index in [-0.39, 0.29) is 12.5 Å². The highest BCUT2D eigenvalue weighted by atomic mass is 16.5. The predicted molar refractivity (Wildman–Crippen MR) is 99.5 cm³/mol. The van der Waals surface area contributed by atoms with E-state index in [9.17, 15) is 14.4 Å². The minimum Gasteiger partial charge on any atom is -0.452 e. The number of ether oxygens (including phenoxy) is 1. The van der Waals surface area contributed by atoms with E-state index in [1.54, 1.807) is 23.2 Å². The molecule has 1 aromatic heterocycles. The highest BCUT2D eigenvalue weighted by molar-refractivity contribution is 5.90. The number of carbonyl (C=O) groups excluding carboxylic acids is 3. The third-order valence-corrected chi connectivity index (χ3v) is 3.68. The van der Waals surface area contributed by atoms with Gasteiger partial charge in [0.1, 0.15) is 0 Å². The molecular weight excluding hydrogens is 348 g/mol. The number of hydrogen-bond donors (Lipinski definition) is 1. The molecule has 2 rings (SSSR count). The molecule has 8 heteroatoms. The van der Waals surface area contributed by atoms with E-state index in [2.05, 4.69) is 10.4 Å². The lowest BCUT2D eigenvalue weighted by molar-refractivity contribution is -0.148. The lowest BCUT2D eigenvalue weighted by Gasteiger charge is -2.15. The summed E-state index contributed by atoms with van der Waals surface area (Å²) >= 11 is 0. The monoisotopic (exact) mass is 370 g/mol. The molecule has 2 aromatic rings. The maximum Gasteiger partial charge on any atom is 0.331 e. The fourth-order valence-electron chi connectivity index (χ4n) is 2.16. The van der Waals surface area contributed by atoms with Gasteiger partial charge in [0.15, 0.2) is 6.61 Å². The second-order valence-electron chi connectivity index (χ2n) is 5.82. The fraction of sp³-hybridized carbons (Fsp3) is 0.263. The molecule has 142 valence electrons. The van der Waals surface area contributed by atoms with Gasteiger partial charge in [0, 0.05) is 31.9 Å². The Morgan fingerprint density at radius 2 is 2.00 bits per heavy atom. The van der Waals surface area contributed by atoms with Crippen molar-refractivity contribution in [3.8, 4) is 0 Å². The third-order valence-electron chi connectivity index (χ3n) is 3.68. The summed E-state index contributed by atoms with van der Waals surface area (Å²) in [4.78, 5) is 35.9. The van der Waals surface area contributed by atoms with Gasteiger partial charge in [-0.2, -0.15) is 5.10 Å². The van der Waals surface area contributed by atoms with Gasteiger partial charge in [0.2, 0.25) is 5.91 Å². The zero-order valence-electron chi connectivity index (χ0n) is 15.3. The molecule has 2 amide bonds. The molecule has 0 fully saturated rings. The molecule has 0 unspecified atom stereocenters. The molecule has 27 heavy (non-hydrogen) atoms. The molecule has 0 aliphatic carbocycles. The van der Waals surface area contributed by atoms with Crippen molar-refractivity contribution < 1.29 is 19.1 Å². The standard InChI is InChI=1S/C19H22N4O4/c1-20-17(24)13-22(2)18(25)14-27-19(26)9-8-16-10-21-23(12-16)11-15-6-4-3-5-7-15/h3-10,12H,11,13-14H2,1-2H3,(H,20,24)/b9-8+. The van der Waals surface area contributed by atoms with E-state index in [1.807, 2.05) is 30.3 Å². The van der Waals surface area contributed by atoms with Gasteiger partial charge in [-0.15, -0.1) is 0 Å². The van der Waals surface area contributed by atoms with Gasteiger partial charge in [-0.05, 0) is 11.6 Å². The van der Waals surface area contributed by atoms with Gasteiger partial charge in [0.25, 0.3) is 5.91 Å². The van der Waals surface area contributed by atoms with Crippen LogP contribution in [-0.4, -0.2) is 59.7 Å². The average Bonchev–Trinajstić information content (AvgIpc) is 3.12. The largest absolute Gasteiger partial charge is 0.452 e. The zero-order valence-corrected chi connectivity index (χ0v) is 15.3. The van der Waals surface area contributed by atoms with Crippen LogP contribution < -0.4 is 5.32 Å². The van der Waals surface area contributed by atoms with Crippen molar-refractivity contribution in [2.75, 3.05) is 27.2 Å². The highest BCUT2D eigenvalue weighted by Gasteiger charge is 2.13. The topological polar surface area (TPSA) is 93.5 Å². The van der Waals surface area contributed by atoms with Gasteiger partial charge in [-0.25, -0.2) is 4.79 Å². The molecule has 0 aliphatic rings. The molecule has 0 saturated heterocycles. The number of aromatic nitrogens is 2. The van der Waals surface area contributed by atoms with E-state index < -0.39 is 18.5 Å². The normalized spacial score (nSPS) is 10.6. The number of nitrogens with zero attached hydrogens (tertiary/aromatic N) is 3. The quantitative estimate of drug-likeness (QED) is 0.545. The summed E-state index contributed by atoms with van der Waals surface area (Å²) < 4.78 is 6.65. The van der Waals surface area contributed by atoms with Crippen molar-refractivity contribution in [2.45, 2.75) is 6.54 Å². The minimum atomic E-state index is -0.646. The number of amides is 2. The van der Waals surface area contributed by atoms with E-state index in [1.165, 1.54) is 25.1 Å². The molecule has 1 N–H and O–H groups in total. The Balaban J connectivity index is 1.79. The Bertz CT molecular complexity index is 814. The minimum absolute atomic E-state index is 0.0939. The van der Waals surface area contributed by atoms with Crippen molar-refractivity contribution in [2.24, 2.45) is 0 Å². The smallest absolute Gasteiger partial charge is 0.331 e. The SMILES string of the molecule is CNC(=O)CN(C)C(=O)COC(=O)/C=C/c1cnn(Cc2ccccc2)c1. The van der Waals surface area contributed by atoms with E-state index >= 15 is 0 Å². The fourth-order valence-corrected chi connectivity index (χ4v) is 2.16. The summed E-state index contributed by atoms with van der Waals surface area (Å²) in [6, 6.07) is 9.89. The Hall–Kier alpha value is -3.42. The van der Waals surface area contributed by atoms with E-state index in [4.69, 9.17) is 4.74 Å². The van der Waals surface area contributed by atoms with Crippen LogP contribution in [0.25, 0.3) is 6.08 Å². The first-order valence-electron chi connectivity index (χ1n) is 8.33. The molecule has 0 atom stereocenters. The summed E-state index contributed by atoms with van der Waals surface area (Å²) in [7, 11) is 2.94.